The van der Waals surface area contributed by atoms with E-state index in [0.717, 1.165) is 18.2 Å². The number of carbonyl (C=O) groups is 1. The van der Waals surface area contributed by atoms with Crippen molar-refractivity contribution in [2.24, 2.45) is 10.9 Å². The molecule has 0 bridgehead atoms. The van der Waals surface area contributed by atoms with Crippen LogP contribution in [-0.2, 0) is 11.2 Å². The maximum absolute atomic E-state index is 11.4. The van der Waals surface area contributed by atoms with Gasteiger partial charge in [0, 0.05) is 43.0 Å². The van der Waals surface area contributed by atoms with Crippen LogP contribution in [0.2, 0.25) is 0 Å². The molecule has 4 nitrogen and oxygen atoms in total. The average molecular weight is 271 g/mol. The van der Waals surface area contributed by atoms with Crippen LogP contribution in [0.4, 0.5) is 5.69 Å². The Morgan fingerprint density at radius 2 is 2.10 bits per heavy atom. The highest BCUT2D eigenvalue weighted by molar-refractivity contribution is 6.09. The van der Waals surface area contributed by atoms with E-state index < -0.39 is 0 Å². The smallest absolute Gasteiger partial charge is 0.244 e. The molecule has 0 atom stereocenters. The molecule has 106 valence electrons. The molecule has 0 unspecified atom stereocenters. The molecular weight excluding hydrogens is 250 g/mol. The molecule has 0 radical (unpaired) electrons. The van der Waals surface area contributed by atoms with Gasteiger partial charge in [0.25, 0.3) is 0 Å². The fraction of sp³-hybridized carbons (Fsp3) is 0.562. The first-order valence-corrected chi connectivity index (χ1v) is 7.45. The lowest BCUT2D eigenvalue weighted by molar-refractivity contribution is -0.115. The van der Waals surface area contributed by atoms with Gasteiger partial charge in [-0.1, -0.05) is 6.92 Å². The summed E-state index contributed by atoms with van der Waals surface area (Å²) < 4.78 is 0. The molecule has 0 aromatic carbocycles. The van der Waals surface area contributed by atoms with Gasteiger partial charge in [-0.3, -0.25) is 9.78 Å². The molecule has 1 amide bonds. The molecule has 1 aromatic heterocycles. The summed E-state index contributed by atoms with van der Waals surface area (Å²) in [6.07, 6.45) is 9.34. The first-order valence-electron chi connectivity index (χ1n) is 7.45. The summed E-state index contributed by atoms with van der Waals surface area (Å²) in [7, 11) is 0. The fourth-order valence-corrected chi connectivity index (χ4v) is 3.37. The van der Waals surface area contributed by atoms with Crippen LogP contribution < -0.4 is 4.90 Å². The quantitative estimate of drug-likeness (QED) is 0.789. The predicted octanol–water partition coefficient (Wildman–Crippen LogP) is 2.97. The minimum atomic E-state index is -0.116. The number of carbonyl (C=O) groups excluding carboxylic acids is 1. The van der Waals surface area contributed by atoms with Gasteiger partial charge in [-0.2, -0.15) is 4.99 Å². The molecule has 0 saturated heterocycles. The van der Waals surface area contributed by atoms with Gasteiger partial charge in [-0.05, 0) is 37.7 Å². The Labute approximate surface area is 119 Å². The molecule has 1 aromatic rings. The number of amidine groups is 1. The number of hydrogen-bond donors (Lipinski definition) is 0. The summed E-state index contributed by atoms with van der Waals surface area (Å²) in [5.74, 6) is 1.61. The van der Waals surface area contributed by atoms with Gasteiger partial charge in [-0.15, -0.1) is 0 Å². The molecule has 0 N–H and O–H groups in total. The van der Waals surface area contributed by atoms with E-state index in [-0.39, 0.29) is 5.91 Å². The van der Waals surface area contributed by atoms with Crippen LogP contribution in [0, 0.1) is 5.92 Å². The van der Waals surface area contributed by atoms with Crippen LogP contribution in [0.5, 0.6) is 0 Å². The second kappa shape index (κ2) is 5.35. The maximum atomic E-state index is 11.4. The lowest BCUT2D eigenvalue weighted by atomic mass is 9.86. The van der Waals surface area contributed by atoms with E-state index in [2.05, 4.69) is 27.9 Å². The van der Waals surface area contributed by atoms with Crippen molar-refractivity contribution in [1.29, 1.82) is 0 Å². The van der Waals surface area contributed by atoms with Crippen LogP contribution in [-0.4, -0.2) is 22.8 Å². The highest BCUT2D eigenvalue weighted by Gasteiger charge is 2.33. The number of aliphatic imine (C=N–C) groups is 1. The van der Waals surface area contributed by atoms with Gasteiger partial charge in [0.15, 0.2) is 0 Å². The maximum Gasteiger partial charge on any atom is 0.244 e. The number of amides is 1. The van der Waals surface area contributed by atoms with Gasteiger partial charge in [-0.25, -0.2) is 0 Å². The number of anilines is 1. The molecule has 4 heteroatoms. The summed E-state index contributed by atoms with van der Waals surface area (Å²) in [5.41, 5.74) is 2.38. The second-order valence-electron chi connectivity index (χ2n) is 6.01. The molecule has 2 heterocycles. The highest BCUT2D eigenvalue weighted by atomic mass is 16.1. The Hall–Kier alpha value is -1.71. The van der Waals surface area contributed by atoms with Gasteiger partial charge >= 0.3 is 0 Å². The zero-order valence-corrected chi connectivity index (χ0v) is 12.2. The number of aromatic nitrogens is 1. The SMILES string of the molecule is CC(=O)N=C1Cc2cnccc2N1C1CCC(C)CC1. The van der Waals surface area contributed by atoms with E-state index >= 15 is 0 Å². The normalized spacial score (nSPS) is 27.7. The van der Waals surface area contributed by atoms with E-state index in [1.807, 2.05) is 12.4 Å². The fourth-order valence-electron chi connectivity index (χ4n) is 3.37. The molecule has 3 rings (SSSR count). The molecule has 2 aliphatic rings. The molecule has 1 aliphatic carbocycles. The molecule has 0 spiro atoms. The number of nitrogens with zero attached hydrogens (tertiary/aromatic N) is 3. The summed E-state index contributed by atoms with van der Waals surface area (Å²) in [5, 5.41) is 0. The number of pyridine rings is 1. The predicted molar refractivity (Wildman–Crippen MR) is 80.0 cm³/mol. The van der Waals surface area contributed by atoms with E-state index in [4.69, 9.17) is 0 Å². The zero-order chi connectivity index (χ0) is 14.1. The van der Waals surface area contributed by atoms with Crippen molar-refractivity contribution in [2.75, 3.05) is 4.90 Å². The van der Waals surface area contributed by atoms with Gasteiger partial charge in [0.05, 0.1) is 0 Å². The Morgan fingerprint density at radius 3 is 2.80 bits per heavy atom. The standard InChI is InChI=1S/C16H21N3O/c1-11-3-5-14(6-4-11)19-15-7-8-17-10-13(15)9-16(19)18-12(2)20/h7-8,10-11,14H,3-6,9H2,1-2H3. The number of hydrogen-bond acceptors (Lipinski definition) is 2. The lowest BCUT2D eigenvalue weighted by Gasteiger charge is -2.35. The number of fused-ring (bicyclic) bond motifs is 1. The van der Waals surface area contributed by atoms with Crippen molar-refractivity contribution in [3.05, 3.63) is 24.0 Å². The molecule has 20 heavy (non-hydrogen) atoms. The highest BCUT2D eigenvalue weighted by Crippen LogP contribution is 2.36. The van der Waals surface area contributed by atoms with Crippen LogP contribution in [0.25, 0.3) is 0 Å². The Kier molecular flexibility index (Phi) is 3.55. The monoisotopic (exact) mass is 271 g/mol. The molecule has 1 fully saturated rings. The first kappa shape index (κ1) is 13.3. The van der Waals surface area contributed by atoms with E-state index in [1.54, 1.807) is 0 Å². The van der Waals surface area contributed by atoms with Gasteiger partial charge in [0.2, 0.25) is 5.91 Å². The summed E-state index contributed by atoms with van der Waals surface area (Å²) in [4.78, 5) is 22.1. The van der Waals surface area contributed by atoms with E-state index in [1.165, 1.54) is 43.9 Å². The molecule has 1 aliphatic heterocycles. The van der Waals surface area contributed by atoms with Crippen LogP contribution in [0.3, 0.4) is 0 Å². The Bertz CT molecular complexity index is 544. The largest absolute Gasteiger partial charge is 0.326 e. The minimum Gasteiger partial charge on any atom is -0.326 e. The Balaban J connectivity index is 1.93. The summed E-state index contributed by atoms with van der Waals surface area (Å²) in [6.45, 7) is 3.85. The minimum absolute atomic E-state index is 0.116. The van der Waals surface area contributed by atoms with E-state index in [0.29, 0.717) is 6.04 Å². The van der Waals surface area contributed by atoms with Crippen molar-refractivity contribution in [1.82, 2.24) is 4.98 Å². The van der Waals surface area contributed by atoms with Crippen molar-refractivity contribution >= 4 is 17.4 Å². The second-order valence-corrected chi connectivity index (χ2v) is 6.01. The number of rotatable bonds is 1. The summed E-state index contributed by atoms with van der Waals surface area (Å²) in [6, 6.07) is 2.53. The molecule has 1 saturated carbocycles. The molecular formula is C16H21N3O. The van der Waals surface area contributed by atoms with Gasteiger partial charge in [0.1, 0.15) is 5.84 Å². The van der Waals surface area contributed by atoms with E-state index in [9.17, 15) is 4.79 Å². The summed E-state index contributed by atoms with van der Waals surface area (Å²) >= 11 is 0. The topological polar surface area (TPSA) is 45.6 Å². The van der Waals surface area contributed by atoms with Crippen LogP contribution in [0.1, 0.15) is 45.1 Å². The zero-order valence-electron chi connectivity index (χ0n) is 12.2. The third kappa shape index (κ3) is 2.47. The first-order chi connectivity index (χ1) is 9.65. The van der Waals surface area contributed by atoms with Crippen molar-refractivity contribution in [3.8, 4) is 0 Å². The lowest BCUT2D eigenvalue weighted by Crippen LogP contribution is -2.40. The van der Waals surface area contributed by atoms with Gasteiger partial charge < -0.3 is 4.90 Å². The average Bonchev–Trinajstić information content (AvgIpc) is 2.77. The van der Waals surface area contributed by atoms with Crippen molar-refractivity contribution in [3.63, 3.8) is 0 Å². The van der Waals surface area contributed by atoms with Crippen LogP contribution in [0.15, 0.2) is 23.5 Å². The van der Waals surface area contributed by atoms with Crippen molar-refractivity contribution < 1.29 is 4.79 Å². The third-order valence-corrected chi connectivity index (χ3v) is 4.40. The third-order valence-electron chi connectivity index (χ3n) is 4.40. The van der Waals surface area contributed by atoms with Crippen LogP contribution >= 0.6 is 0 Å². The van der Waals surface area contributed by atoms with Crippen molar-refractivity contribution in [2.45, 2.75) is 52.0 Å². The Morgan fingerprint density at radius 1 is 1.35 bits per heavy atom.